The van der Waals surface area contributed by atoms with Gasteiger partial charge in [-0.05, 0) is 25.7 Å². The van der Waals surface area contributed by atoms with Gasteiger partial charge in [-0.15, -0.1) is 0 Å². The molecular formula is C13H29NO2. The Bertz CT molecular complexity index is 160. The van der Waals surface area contributed by atoms with E-state index in [1.807, 2.05) is 0 Å². The maximum absolute atomic E-state index is 9.17. The molecule has 0 aliphatic rings. The normalized spacial score (nSPS) is 15.8. The molecule has 0 heterocycles. The molecule has 0 spiro atoms. The van der Waals surface area contributed by atoms with Crippen molar-refractivity contribution in [3.63, 3.8) is 0 Å². The van der Waals surface area contributed by atoms with Crippen LogP contribution in [0.15, 0.2) is 0 Å². The van der Waals surface area contributed by atoms with Crippen molar-refractivity contribution in [1.82, 2.24) is 5.32 Å². The van der Waals surface area contributed by atoms with Gasteiger partial charge in [0.15, 0.2) is 0 Å². The predicted octanol–water partition coefficient (Wildman–Crippen LogP) is 2.19. The molecule has 2 atom stereocenters. The summed E-state index contributed by atoms with van der Waals surface area (Å²) in [6, 6.07) is 0.566. The van der Waals surface area contributed by atoms with E-state index in [0.29, 0.717) is 18.1 Å². The molecule has 0 aliphatic heterocycles. The van der Waals surface area contributed by atoms with Crippen LogP contribution in [0.2, 0.25) is 0 Å². The van der Waals surface area contributed by atoms with Crippen molar-refractivity contribution in [2.75, 3.05) is 13.2 Å². The molecule has 0 aromatic carbocycles. The number of aliphatic hydroxyl groups excluding tert-OH is 1. The summed E-state index contributed by atoms with van der Waals surface area (Å²) < 4.78 is 5.72. The van der Waals surface area contributed by atoms with E-state index >= 15 is 0 Å². The van der Waals surface area contributed by atoms with Crippen LogP contribution in [0.1, 0.15) is 47.5 Å². The minimum Gasteiger partial charge on any atom is -0.395 e. The van der Waals surface area contributed by atoms with Crippen molar-refractivity contribution >= 4 is 0 Å². The highest BCUT2D eigenvalue weighted by Gasteiger charge is 2.10. The Hall–Kier alpha value is -0.120. The van der Waals surface area contributed by atoms with Crippen LogP contribution in [-0.2, 0) is 4.74 Å². The zero-order valence-corrected chi connectivity index (χ0v) is 11.5. The minimum atomic E-state index is 0.159. The largest absolute Gasteiger partial charge is 0.395 e. The second kappa shape index (κ2) is 8.97. The van der Waals surface area contributed by atoms with Crippen LogP contribution in [0.3, 0.4) is 0 Å². The van der Waals surface area contributed by atoms with E-state index in [-0.39, 0.29) is 12.6 Å². The molecule has 16 heavy (non-hydrogen) atoms. The average molecular weight is 231 g/mol. The van der Waals surface area contributed by atoms with E-state index in [0.717, 1.165) is 19.4 Å². The predicted molar refractivity (Wildman–Crippen MR) is 68.6 cm³/mol. The summed E-state index contributed by atoms with van der Waals surface area (Å²) in [4.78, 5) is 0. The monoisotopic (exact) mass is 231 g/mol. The van der Waals surface area contributed by atoms with E-state index in [1.54, 1.807) is 0 Å². The van der Waals surface area contributed by atoms with Gasteiger partial charge >= 0.3 is 0 Å². The van der Waals surface area contributed by atoms with Crippen molar-refractivity contribution in [1.29, 1.82) is 0 Å². The lowest BCUT2D eigenvalue weighted by molar-refractivity contribution is 0.0418. The summed E-state index contributed by atoms with van der Waals surface area (Å²) in [5, 5.41) is 12.5. The second-order valence-corrected chi connectivity index (χ2v) is 5.30. The molecular weight excluding hydrogens is 202 g/mol. The highest BCUT2D eigenvalue weighted by atomic mass is 16.5. The molecule has 3 heteroatoms. The van der Waals surface area contributed by atoms with Gasteiger partial charge in [-0.3, -0.25) is 0 Å². The molecule has 3 nitrogen and oxygen atoms in total. The number of aliphatic hydroxyl groups is 1. The van der Waals surface area contributed by atoms with Crippen LogP contribution in [0.4, 0.5) is 0 Å². The molecule has 0 saturated heterocycles. The van der Waals surface area contributed by atoms with Crippen molar-refractivity contribution in [2.24, 2.45) is 5.92 Å². The first-order chi connectivity index (χ1) is 7.45. The van der Waals surface area contributed by atoms with Gasteiger partial charge in [-0.2, -0.15) is 0 Å². The Labute approximate surface area is 101 Å². The van der Waals surface area contributed by atoms with Gasteiger partial charge in [0.1, 0.15) is 0 Å². The maximum atomic E-state index is 9.17. The van der Waals surface area contributed by atoms with Crippen LogP contribution in [0.5, 0.6) is 0 Å². The van der Waals surface area contributed by atoms with Gasteiger partial charge in [0.2, 0.25) is 0 Å². The Morgan fingerprint density at radius 2 is 1.75 bits per heavy atom. The quantitative estimate of drug-likeness (QED) is 0.639. The summed E-state index contributed by atoms with van der Waals surface area (Å²) in [7, 11) is 0. The molecule has 0 aliphatic carbocycles. The Balaban J connectivity index is 3.61. The number of ether oxygens (including phenoxy) is 1. The molecule has 2 N–H and O–H groups in total. The number of hydrogen-bond acceptors (Lipinski definition) is 3. The third kappa shape index (κ3) is 9.13. The Kier molecular flexibility index (Phi) is 8.90. The first-order valence-corrected chi connectivity index (χ1v) is 6.44. The minimum absolute atomic E-state index is 0.159. The van der Waals surface area contributed by atoms with E-state index in [2.05, 4.69) is 39.9 Å². The zero-order chi connectivity index (χ0) is 12.6. The molecule has 0 saturated carbocycles. The Morgan fingerprint density at radius 3 is 2.19 bits per heavy atom. The highest BCUT2D eigenvalue weighted by Crippen LogP contribution is 2.08. The van der Waals surface area contributed by atoms with E-state index < -0.39 is 0 Å². The van der Waals surface area contributed by atoms with Gasteiger partial charge in [0.25, 0.3) is 0 Å². The third-order valence-electron chi connectivity index (χ3n) is 2.46. The number of nitrogens with one attached hydrogen (secondary N) is 1. The van der Waals surface area contributed by atoms with Gasteiger partial charge in [-0.25, -0.2) is 0 Å². The highest BCUT2D eigenvalue weighted by molar-refractivity contribution is 4.68. The summed E-state index contributed by atoms with van der Waals surface area (Å²) in [6.45, 7) is 11.6. The van der Waals surface area contributed by atoms with Crippen LogP contribution >= 0.6 is 0 Å². The van der Waals surface area contributed by atoms with Gasteiger partial charge in [0, 0.05) is 18.7 Å². The van der Waals surface area contributed by atoms with E-state index in [9.17, 15) is 0 Å². The van der Waals surface area contributed by atoms with E-state index in [1.165, 1.54) is 0 Å². The van der Waals surface area contributed by atoms with E-state index in [4.69, 9.17) is 9.84 Å². The van der Waals surface area contributed by atoms with Crippen LogP contribution < -0.4 is 5.32 Å². The molecule has 0 radical (unpaired) electrons. The first-order valence-electron chi connectivity index (χ1n) is 6.44. The van der Waals surface area contributed by atoms with Crippen molar-refractivity contribution < 1.29 is 9.84 Å². The molecule has 2 unspecified atom stereocenters. The fourth-order valence-electron chi connectivity index (χ4n) is 1.84. The topological polar surface area (TPSA) is 41.5 Å². The standard InChI is InChI=1S/C13H29NO2/c1-10(2)8-12(5)16-7-6-13(9-15)14-11(3)4/h10-15H,6-9H2,1-5H3. The number of hydrogen-bond donors (Lipinski definition) is 2. The van der Waals surface area contributed by atoms with Crippen molar-refractivity contribution in [3.05, 3.63) is 0 Å². The smallest absolute Gasteiger partial charge is 0.0585 e. The fourth-order valence-corrected chi connectivity index (χ4v) is 1.84. The Morgan fingerprint density at radius 1 is 1.12 bits per heavy atom. The van der Waals surface area contributed by atoms with Crippen LogP contribution in [-0.4, -0.2) is 36.5 Å². The lowest BCUT2D eigenvalue weighted by Gasteiger charge is -2.21. The first kappa shape index (κ1) is 15.9. The van der Waals surface area contributed by atoms with Crippen molar-refractivity contribution in [3.8, 4) is 0 Å². The molecule has 98 valence electrons. The van der Waals surface area contributed by atoms with Gasteiger partial charge in [0.05, 0.1) is 12.7 Å². The van der Waals surface area contributed by atoms with Crippen LogP contribution in [0.25, 0.3) is 0 Å². The molecule has 0 rings (SSSR count). The lowest BCUT2D eigenvalue weighted by Crippen LogP contribution is -2.38. The molecule has 0 bridgehead atoms. The van der Waals surface area contributed by atoms with Gasteiger partial charge in [-0.1, -0.05) is 27.7 Å². The van der Waals surface area contributed by atoms with Crippen LogP contribution in [0, 0.1) is 5.92 Å². The zero-order valence-electron chi connectivity index (χ0n) is 11.5. The summed E-state index contributed by atoms with van der Waals surface area (Å²) in [5.74, 6) is 0.678. The third-order valence-corrected chi connectivity index (χ3v) is 2.46. The average Bonchev–Trinajstić information content (AvgIpc) is 2.14. The SMILES string of the molecule is CC(C)CC(C)OCCC(CO)NC(C)C. The lowest BCUT2D eigenvalue weighted by atomic mass is 10.1. The second-order valence-electron chi connectivity index (χ2n) is 5.30. The summed E-state index contributed by atoms with van der Waals surface area (Å²) >= 11 is 0. The summed E-state index contributed by atoms with van der Waals surface area (Å²) in [5.41, 5.74) is 0. The molecule has 0 aromatic heterocycles. The molecule has 0 fully saturated rings. The molecule has 0 amide bonds. The van der Waals surface area contributed by atoms with Gasteiger partial charge < -0.3 is 15.2 Å². The molecule has 0 aromatic rings. The van der Waals surface area contributed by atoms with Crippen molar-refractivity contribution in [2.45, 2.75) is 65.6 Å². The maximum Gasteiger partial charge on any atom is 0.0585 e. The summed E-state index contributed by atoms with van der Waals surface area (Å²) in [6.07, 6.45) is 2.29. The number of rotatable bonds is 9. The fraction of sp³-hybridized carbons (Fsp3) is 1.00.